The van der Waals surface area contributed by atoms with Gasteiger partial charge in [-0.2, -0.15) is 0 Å². The molecule has 0 amide bonds. The summed E-state index contributed by atoms with van der Waals surface area (Å²) < 4.78 is 11.1. The van der Waals surface area contributed by atoms with Crippen LogP contribution in [-0.4, -0.2) is 26.2 Å². The van der Waals surface area contributed by atoms with Crippen molar-refractivity contribution in [3.05, 3.63) is 42.5 Å². The molecule has 0 saturated heterocycles. The summed E-state index contributed by atoms with van der Waals surface area (Å²) in [5.74, 6) is -0.744. The molecule has 0 N–H and O–H groups in total. The molecule has 4 nitrogen and oxygen atoms in total. The predicted octanol–water partition coefficient (Wildman–Crippen LogP) is 3.62. The summed E-state index contributed by atoms with van der Waals surface area (Å²) in [4.78, 5) is 23.4. The summed E-state index contributed by atoms with van der Waals surface area (Å²) in [5, 5.41) is 1.76. The second kappa shape index (κ2) is 6.25. The molecule has 2 aromatic carbocycles. The van der Waals surface area contributed by atoms with Crippen LogP contribution in [-0.2, 0) is 9.47 Å². The number of carbonyl (C=O) groups excluding carboxylic acids is 2. The Balaban J connectivity index is 2.67. The van der Waals surface area contributed by atoms with Crippen LogP contribution in [0.25, 0.3) is 10.8 Å². The molecule has 2 aromatic rings. The van der Waals surface area contributed by atoms with Crippen LogP contribution in [0.15, 0.2) is 24.3 Å². The summed E-state index contributed by atoms with van der Waals surface area (Å²) in [6.45, 7) is 0. The number of hydrogen-bond donors (Lipinski definition) is 0. The van der Waals surface area contributed by atoms with Crippen molar-refractivity contribution >= 4 is 67.9 Å². The van der Waals surface area contributed by atoms with Gasteiger partial charge in [-0.3, -0.25) is 0 Å². The van der Waals surface area contributed by atoms with Crippen molar-refractivity contribution in [1.29, 1.82) is 0 Å². The van der Waals surface area contributed by atoms with Gasteiger partial charge in [-0.15, -0.1) is 0 Å². The Kier molecular flexibility index (Phi) is 4.84. The Morgan fingerprint density at radius 3 is 1.45 bits per heavy atom. The summed E-state index contributed by atoms with van der Waals surface area (Å²) in [7, 11) is 2.71. The Labute approximate surface area is 143 Å². The van der Waals surface area contributed by atoms with E-state index < -0.39 is 0 Å². The molecule has 0 aliphatic carbocycles. The van der Waals surface area contributed by atoms with Gasteiger partial charge in [0.15, 0.2) is 0 Å². The third-order valence-corrected chi connectivity index (χ3v) is 4.61. The molecule has 0 heterocycles. The van der Waals surface area contributed by atoms with Crippen LogP contribution in [0.3, 0.4) is 0 Å². The molecule has 0 aromatic heterocycles. The van der Waals surface area contributed by atoms with E-state index in [1.807, 2.05) is 12.1 Å². The van der Waals surface area contributed by atoms with Gasteiger partial charge in [-0.1, -0.05) is 0 Å². The maximum absolute atomic E-state index is 11.7. The number of halogens is 2. The van der Waals surface area contributed by atoms with E-state index in [0.717, 1.165) is 17.9 Å². The summed E-state index contributed by atoms with van der Waals surface area (Å²) in [6, 6.07) is 7.24. The van der Waals surface area contributed by atoms with Gasteiger partial charge < -0.3 is 9.47 Å². The maximum Gasteiger partial charge on any atom is 0.338 e. The van der Waals surface area contributed by atoms with Gasteiger partial charge in [0, 0.05) is 7.14 Å². The topological polar surface area (TPSA) is 52.6 Å². The molecule has 0 radical (unpaired) electrons. The molecule has 0 saturated carbocycles. The normalized spacial score (nSPS) is 10.4. The van der Waals surface area contributed by atoms with Gasteiger partial charge in [0.25, 0.3) is 0 Å². The molecule has 0 atom stereocenters. The number of benzene rings is 2. The van der Waals surface area contributed by atoms with E-state index in [4.69, 9.17) is 9.47 Å². The van der Waals surface area contributed by atoms with Crippen LogP contribution in [0.4, 0.5) is 0 Å². The first-order valence-electron chi connectivity index (χ1n) is 5.57. The van der Waals surface area contributed by atoms with Crippen molar-refractivity contribution in [3.8, 4) is 0 Å². The van der Waals surface area contributed by atoms with E-state index in [1.54, 1.807) is 12.1 Å². The van der Waals surface area contributed by atoms with Crippen LogP contribution in [0.5, 0.6) is 0 Å². The van der Waals surface area contributed by atoms with Crippen LogP contribution < -0.4 is 0 Å². The molecule has 104 valence electrons. The lowest BCUT2D eigenvalue weighted by molar-refractivity contribution is 0.0590. The first kappa shape index (κ1) is 15.5. The molecule has 0 aliphatic rings. The van der Waals surface area contributed by atoms with Crippen molar-refractivity contribution in [2.45, 2.75) is 0 Å². The van der Waals surface area contributed by atoms with Crippen molar-refractivity contribution < 1.29 is 19.1 Å². The van der Waals surface area contributed by atoms with E-state index in [0.29, 0.717) is 11.1 Å². The number of esters is 2. The maximum atomic E-state index is 11.7. The second-order valence-corrected chi connectivity index (χ2v) is 6.32. The number of fused-ring (bicyclic) bond motifs is 1. The molecular formula is C14H10I2O4. The number of hydrogen-bond acceptors (Lipinski definition) is 4. The fourth-order valence-electron chi connectivity index (χ4n) is 1.83. The number of methoxy groups -OCH3 is 2. The van der Waals surface area contributed by atoms with Crippen molar-refractivity contribution in [2.75, 3.05) is 14.2 Å². The standard InChI is InChI=1S/C14H10I2O4/c1-19-13(17)9-3-7-6-12(16)10(14(18)20-2)4-8(7)5-11(9)15/h3-6H,1-2H3. The van der Waals surface area contributed by atoms with Crippen LogP contribution in [0.1, 0.15) is 20.7 Å². The Bertz CT molecular complexity index is 649. The second-order valence-electron chi connectivity index (χ2n) is 3.99. The first-order chi connectivity index (χ1) is 9.47. The first-order valence-corrected chi connectivity index (χ1v) is 7.73. The van der Waals surface area contributed by atoms with Gasteiger partial charge in [0.05, 0.1) is 25.3 Å². The molecule has 6 heteroatoms. The molecule has 0 spiro atoms. The fourth-order valence-corrected chi connectivity index (χ4v) is 3.25. The van der Waals surface area contributed by atoms with Gasteiger partial charge in [0.1, 0.15) is 0 Å². The zero-order valence-corrected chi connectivity index (χ0v) is 15.0. The Hall–Kier alpha value is -0.900. The molecule has 0 aliphatic heterocycles. The highest BCUT2D eigenvalue weighted by molar-refractivity contribution is 14.1. The minimum Gasteiger partial charge on any atom is -0.465 e. The number of carbonyl (C=O) groups is 2. The number of ether oxygens (including phenoxy) is 2. The van der Waals surface area contributed by atoms with Crippen LogP contribution >= 0.6 is 45.2 Å². The molecule has 20 heavy (non-hydrogen) atoms. The zero-order valence-electron chi connectivity index (χ0n) is 10.7. The van der Waals surface area contributed by atoms with Gasteiger partial charge in [-0.25, -0.2) is 9.59 Å². The Morgan fingerprint density at radius 2 is 1.15 bits per heavy atom. The highest BCUT2D eigenvalue weighted by Crippen LogP contribution is 2.26. The molecular weight excluding hydrogens is 486 g/mol. The van der Waals surface area contributed by atoms with Crippen molar-refractivity contribution in [2.24, 2.45) is 0 Å². The zero-order chi connectivity index (χ0) is 14.9. The SMILES string of the molecule is COC(=O)c1cc2cc(I)c(C(=O)OC)cc2cc1I. The smallest absolute Gasteiger partial charge is 0.338 e. The summed E-state index contributed by atoms with van der Waals surface area (Å²) in [5.41, 5.74) is 1.03. The van der Waals surface area contributed by atoms with Gasteiger partial charge in [-0.05, 0) is 80.2 Å². The van der Waals surface area contributed by atoms with E-state index in [-0.39, 0.29) is 11.9 Å². The highest BCUT2D eigenvalue weighted by atomic mass is 127. The van der Waals surface area contributed by atoms with E-state index in [1.165, 1.54) is 14.2 Å². The van der Waals surface area contributed by atoms with E-state index in [9.17, 15) is 9.59 Å². The van der Waals surface area contributed by atoms with Gasteiger partial charge >= 0.3 is 11.9 Å². The lowest BCUT2D eigenvalue weighted by Gasteiger charge is -2.08. The van der Waals surface area contributed by atoms with Crippen LogP contribution in [0, 0.1) is 7.14 Å². The summed E-state index contributed by atoms with van der Waals surface area (Å²) in [6.07, 6.45) is 0. The predicted molar refractivity (Wildman–Crippen MR) is 92.1 cm³/mol. The largest absolute Gasteiger partial charge is 0.465 e. The fraction of sp³-hybridized carbons (Fsp3) is 0.143. The minimum atomic E-state index is -0.372. The molecule has 0 bridgehead atoms. The highest BCUT2D eigenvalue weighted by Gasteiger charge is 2.15. The van der Waals surface area contributed by atoms with E-state index >= 15 is 0 Å². The van der Waals surface area contributed by atoms with E-state index in [2.05, 4.69) is 45.2 Å². The van der Waals surface area contributed by atoms with Crippen molar-refractivity contribution in [3.63, 3.8) is 0 Å². The lowest BCUT2D eigenvalue weighted by atomic mass is 10.0. The molecule has 2 rings (SSSR count). The van der Waals surface area contributed by atoms with Gasteiger partial charge in [0.2, 0.25) is 0 Å². The van der Waals surface area contributed by atoms with Crippen molar-refractivity contribution in [1.82, 2.24) is 0 Å². The van der Waals surface area contributed by atoms with Crippen LogP contribution in [0.2, 0.25) is 0 Å². The monoisotopic (exact) mass is 496 g/mol. The Morgan fingerprint density at radius 1 is 0.800 bits per heavy atom. The average molecular weight is 496 g/mol. The molecule has 0 unspecified atom stereocenters. The number of rotatable bonds is 2. The third kappa shape index (κ3) is 2.90. The molecule has 0 fully saturated rings. The lowest BCUT2D eigenvalue weighted by Crippen LogP contribution is -2.06. The summed E-state index contributed by atoms with van der Waals surface area (Å²) >= 11 is 4.15. The minimum absolute atomic E-state index is 0.372. The quantitative estimate of drug-likeness (QED) is 0.471. The third-order valence-electron chi connectivity index (χ3n) is 2.82. The average Bonchev–Trinajstić information content (AvgIpc) is 2.44.